The number of rotatable bonds is 2. The van der Waals surface area contributed by atoms with Gasteiger partial charge in [-0.25, -0.2) is 0 Å². The summed E-state index contributed by atoms with van der Waals surface area (Å²) in [5, 5.41) is 7.91. The van der Waals surface area contributed by atoms with Crippen LogP contribution in [0.5, 0.6) is 0 Å². The summed E-state index contributed by atoms with van der Waals surface area (Å²) in [4.78, 5) is 0. The lowest BCUT2D eigenvalue weighted by Gasteiger charge is -2.25. The molecule has 0 aliphatic heterocycles. The van der Waals surface area contributed by atoms with Crippen molar-refractivity contribution in [3.63, 3.8) is 0 Å². The van der Waals surface area contributed by atoms with E-state index in [0.29, 0.717) is 0 Å². The van der Waals surface area contributed by atoms with Crippen molar-refractivity contribution in [2.75, 3.05) is 0 Å². The fourth-order valence-electron chi connectivity index (χ4n) is 6.74. The normalized spacial score (nSPS) is 12.5. The van der Waals surface area contributed by atoms with Crippen LogP contribution >= 0.6 is 0 Å². The molecule has 0 amide bonds. The van der Waals surface area contributed by atoms with Crippen LogP contribution in [0.25, 0.3) is 65.7 Å². The predicted molar refractivity (Wildman–Crippen MR) is 163 cm³/mol. The van der Waals surface area contributed by atoms with Crippen molar-refractivity contribution >= 4 is 32.3 Å². The molecule has 0 bridgehead atoms. The second kappa shape index (κ2) is 8.43. The van der Waals surface area contributed by atoms with Crippen molar-refractivity contribution in [2.24, 2.45) is 0 Å². The van der Waals surface area contributed by atoms with Gasteiger partial charge in [0.1, 0.15) is 0 Å². The Kier molecular flexibility index (Phi) is 4.75. The minimum absolute atomic E-state index is 1.07. The number of hydrogen-bond acceptors (Lipinski definition) is 0. The molecule has 0 radical (unpaired) electrons. The Morgan fingerprint density at radius 3 is 1.45 bits per heavy atom. The Hall–Kier alpha value is -4.68. The highest BCUT2D eigenvalue weighted by molar-refractivity contribution is 6.24. The molecular weight excluding hydrogens is 456 g/mol. The maximum atomic E-state index is 2.50. The fourth-order valence-corrected chi connectivity index (χ4v) is 6.74. The van der Waals surface area contributed by atoms with Crippen molar-refractivity contribution in [1.82, 2.24) is 0 Å². The van der Waals surface area contributed by atoms with Crippen molar-refractivity contribution in [2.45, 2.75) is 12.8 Å². The predicted octanol–water partition coefficient (Wildman–Crippen LogP) is 10.2. The Morgan fingerprint density at radius 2 is 0.789 bits per heavy atom. The number of fused-ring (bicyclic) bond motifs is 7. The Bertz CT molecular complexity index is 1950. The van der Waals surface area contributed by atoms with Crippen LogP contribution in [0, 0.1) is 0 Å². The van der Waals surface area contributed by atoms with Gasteiger partial charge in [0.15, 0.2) is 0 Å². The van der Waals surface area contributed by atoms with E-state index in [4.69, 9.17) is 0 Å². The van der Waals surface area contributed by atoms with E-state index in [0.717, 1.165) is 12.8 Å². The Labute approximate surface area is 222 Å². The minimum Gasteiger partial charge on any atom is -0.0622 e. The van der Waals surface area contributed by atoms with Crippen LogP contribution in [0.2, 0.25) is 0 Å². The molecule has 0 atom stereocenters. The van der Waals surface area contributed by atoms with Crippen LogP contribution < -0.4 is 0 Å². The first-order chi connectivity index (χ1) is 18.9. The van der Waals surface area contributed by atoms with Gasteiger partial charge in [-0.2, -0.15) is 0 Å². The fraction of sp³-hybridized carbons (Fsp3) is 0.0526. The van der Waals surface area contributed by atoms with Crippen molar-refractivity contribution in [3.05, 3.63) is 145 Å². The summed E-state index contributed by atoms with van der Waals surface area (Å²) >= 11 is 0. The zero-order chi connectivity index (χ0) is 25.1. The largest absolute Gasteiger partial charge is 0.0622 e. The van der Waals surface area contributed by atoms with E-state index in [-0.39, 0.29) is 0 Å². The van der Waals surface area contributed by atoms with Gasteiger partial charge in [0.2, 0.25) is 0 Å². The first kappa shape index (κ1) is 21.4. The SMILES string of the molecule is c1ccc(-c2c3ccccc3c(-c3cc4c(c5ccccc35)-c3ccccc3CC4)c3ccccc23)cc1. The Morgan fingerprint density at radius 1 is 0.316 bits per heavy atom. The van der Waals surface area contributed by atoms with E-state index < -0.39 is 0 Å². The summed E-state index contributed by atoms with van der Waals surface area (Å²) in [6.45, 7) is 0. The van der Waals surface area contributed by atoms with Crippen LogP contribution in [0.3, 0.4) is 0 Å². The molecule has 0 spiro atoms. The zero-order valence-electron chi connectivity index (χ0n) is 21.1. The average Bonchev–Trinajstić information content (AvgIpc) is 2.99. The summed E-state index contributed by atoms with van der Waals surface area (Å²) in [5.74, 6) is 0. The second-order valence-electron chi connectivity index (χ2n) is 10.4. The highest BCUT2D eigenvalue weighted by Crippen LogP contribution is 2.48. The number of aryl methyl sites for hydroxylation is 2. The van der Waals surface area contributed by atoms with Crippen LogP contribution in [0.15, 0.2) is 133 Å². The molecular formula is C38H26. The third-order valence-corrected chi connectivity index (χ3v) is 8.34. The van der Waals surface area contributed by atoms with Crippen LogP contribution in [0.4, 0.5) is 0 Å². The molecule has 0 saturated heterocycles. The second-order valence-corrected chi connectivity index (χ2v) is 10.4. The lowest BCUT2D eigenvalue weighted by atomic mass is 9.79. The Balaban J connectivity index is 1.54. The van der Waals surface area contributed by atoms with Gasteiger partial charge in [0.25, 0.3) is 0 Å². The molecule has 7 aromatic carbocycles. The van der Waals surface area contributed by atoms with E-state index in [1.54, 1.807) is 0 Å². The summed E-state index contributed by atoms with van der Waals surface area (Å²) in [6, 6.07) is 49.3. The van der Waals surface area contributed by atoms with Gasteiger partial charge in [-0.05, 0) is 95.7 Å². The minimum atomic E-state index is 1.07. The molecule has 1 aliphatic rings. The van der Waals surface area contributed by atoms with Gasteiger partial charge in [-0.15, -0.1) is 0 Å². The van der Waals surface area contributed by atoms with Crippen LogP contribution in [0.1, 0.15) is 11.1 Å². The highest BCUT2D eigenvalue weighted by atomic mass is 14.3. The molecule has 0 saturated carbocycles. The van der Waals surface area contributed by atoms with Crippen LogP contribution in [-0.2, 0) is 12.8 Å². The van der Waals surface area contributed by atoms with Crippen molar-refractivity contribution in [1.29, 1.82) is 0 Å². The van der Waals surface area contributed by atoms with Gasteiger partial charge >= 0.3 is 0 Å². The van der Waals surface area contributed by atoms with E-state index in [9.17, 15) is 0 Å². The van der Waals surface area contributed by atoms with Gasteiger partial charge in [-0.3, -0.25) is 0 Å². The molecule has 0 heterocycles. The first-order valence-corrected chi connectivity index (χ1v) is 13.5. The van der Waals surface area contributed by atoms with E-state index >= 15 is 0 Å². The quantitative estimate of drug-likeness (QED) is 0.215. The van der Waals surface area contributed by atoms with Crippen molar-refractivity contribution in [3.8, 4) is 33.4 Å². The summed E-state index contributed by atoms with van der Waals surface area (Å²) in [6.07, 6.45) is 2.16. The molecule has 38 heavy (non-hydrogen) atoms. The molecule has 1 aliphatic carbocycles. The zero-order valence-corrected chi connectivity index (χ0v) is 21.1. The third kappa shape index (κ3) is 3.10. The smallest absolute Gasteiger partial charge is 0.00200 e. The summed E-state index contributed by atoms with van der Waals surface area (Å²) in [7, 11) is 0. The maximum absolute atomic E-state index is 2.50. The van der Waals surface area contributed by atoms with Gasteiger partial charge in [0.05, 0.1) is 0 Å². The number of benzene rings is 7. The number of hydrogen-bond donors (Lipinski definition) is 0. The molecule has 0 unspecified atom stereocenters. The third-order valence-electron chi connectivity index (χ3n) is 8.34. The van der Waals surface area contributed by atoms with E-state index in [1.165, 1.54) is 76.8 Å². The standard InChI is InChI=1S/C38H26/c1-2-13-26(14-3-1)36-31-18-8-10-20-33(31)38(34-21-11-9-19-32(34)36)35-24-27-23-22-25-12-4-5-15-28(25)37(27)30-17-7-6-16-29(30)35/h1-21,24H,22-23H2. The highest BCUT2D eigenvalue weighted by Gasteiger charge is 2.23. The lowest BCUT2D eigenvalue weighted by molar-refractivity contribution is 0.945. The maximum Gasteiger partial charge on any atom is -0.00200 e. The molecule has 0 heteroatoms. The first-order valence-electron chi connectivity index (χ1n) is 13.5. The van der Waals surface area contributed by atoms with Gasteiger partial charge in [-0.1, -0.05) is 127 Å². The van der Waals surface area contributed by atoms with Gasteiger partial charge < -0.3 is 0 Å². The van der Waals surface area contributed by atoms with Crippen LogP contribution in [-0.4, -0.2) is 0 Å². The molecule has 0 aromatic heterocycles. The molecule has 8 rings (SSSR count). The van der Waals surface area contributed by atoms with Crippen molar-refractivity contribution < 1.29 is 0 Å². The van der Waals surface area contributed by atoms with E-state index in [2.05, 4.69) is 133 Å². The molecule has 7 aromatic rings. The van der Waals surface area contributed by atoms with E-state index in [1.807, 2.05) is 0 Å². The summed E-state index contributed by atoms with van der Waals surface area (Å²) < 4.78 is 0. The average molecular weight is 483 g/mol. The lowest BCUT2D eigenvalue weighted by Crippen LogP contribution is -2.05. The molecule has 178 valence electrons. The monoisotopic (exact) mass is 482 g/mol. The molecule has 0 N–H and O–H groups in total. The van der Waals surface area contributed by atoms with Gasteiger partial charge in [0, 0.05) is 0 Å². The molecule has 0 nitrogen and oxygen atoms in total. The topological polar surface area (TPSA) is 0 Å². The molecule has 0 fully saturated rings. The summed E-state index contributed by atoms with van der Waals surface area (Å²) in [5.41, 5.74) is 11.0.